The Labute approximate surface area is 216 Å². The number of anilines is 1. The van der Waals surface area contributed by atoms with E-state index in [0.29, 0.717) is 24.3 Å². The number of fused-ring (bicyclic) bond motifs is 1. The third-order valence-corrected chi connectivity index (χ3v) is 9.46. The minimum Gasteiger partial charge on any atom is -0.497 e. The van der Waals surface area contributed by atoms with Gasteiger partial charge in [0.15, 0.2) is 0 Å². The fourth-order valence-corrected chi connectivity index (χ4v) is 8.09. The lowest BCUT2D eigenvalue weighted by Gasteiger charge is -2.38. The van der Waals surface area contributed by atoms with Crippen LogP contribution < -0.4 is 9.64 Å². The number of rotatable bonds is 11. The summed E-state index contributed by atoms with van der Waals surface area (Å²) in [5, 5.41) is 9.94. The quantitative estimate of drug-likeness (QED) is 0.276. The molecule has 6 atom stereocenters. The van der Waals surface area contributed by atoms with Crippen molar-refractivity contribution in [3.8, 4) is 5.75 Å². The van der Waals surface area contributed by atoms with Crippen LogP contribution in [-0.2, 0) is 19.1 Å². The van der Waals surface area contributed by atoms with Gasteiger partial charge in [0.2, 0.25) is 5.91 Å². The van der Waals surface area contributed by atoms with Gasteiger partial charge in [-0.05, 0) is 50.5 Å². The lowest BCUT2D eigenvalue weighted by molar-refractivity contribution is -0.154. The van der Waals surface area contributed by atoms with E-state index in [2.05, 4.69) is 13.2 Å². The van der Waals surface area contributed by atoms with Gasteiger partial charge in [-0.3, -0.25) is 14.4 Å². The molecule has 2 bridgehead atoms. The van der Waals surface area contributed by atoms with Gasteiger partial charge in [0.25, 0.3) is 5.91 Å². The zero-order valence-electron chi connectivity index (χ0n) is 20.8. The number of hydrogen-bond acceptors (Lipinski definition) is 7. The lowest BCUT2D eigenvalue weighted by Crippen LogP contribution is -2.57. The first kappa shape index (κ1) is 26.3. The molecule has 4 rings (SSSR count). The first-order chi connectivity index (χ1) is 17.3. The van der Waals surface area contributed by atoms with Crippen molar-refractivity contribution in [1.82, 2.24) is 4.90 Å². The molecule has 3 saturated heterocycles. The van der Waals surface area contributed by atoms with Crippen LogP contribution in [0.2, 0.25) is 0 Å². The van der Waals surface area contributed by atoms with E-state index in [1.165, 1.54) is 4.90 Å². The van der Waals surface area contributed by atoms with Crippen LogP contribution in [0.3, 0.4) is 0 Å². The Hall–Kier alpha value is -2.78. The highest BCUT2D eigenvalue weighted by molar-refractivity contribution is 8.02. The second-order valence-corrected chi connectivity index (χ2v) is 11.1. The fraction of sp³-hybridized carbons (Fsp3) is 0.519. The van der Waals surface area contributed by atoms with Crippen molar-refractivity contribution >= 4 is 35.2 Å². The average Bonchev–Trinajstić information content (AvgIpc) is 3.54. The number of methoxy groups -OCH3 is 1. The molecule has 2 amide bonds. The molecule has 1 aromatic rings. The maximum absolute atomic E-state index is 14.3. The molecule has 8 nitrogen and oxygen atoms in total. The second kappa shape index (κ2) is 10.7. The van der Waals surface area contributed by atoms with Crippen molar-refractivity contribution in [2.24, 2.45) is 11.8 Å². The summed E-state index contributed by atoms with van der Waals surface area (Å²) >= 11 is 1.58. The van der Waals surface area contributed by atoms with E-state index in [9.17, 15) is 19.5 Å². The summed E-state index contributed by atoms with van der Waals surface area (Å²) in [5.74, 6) is -1.51. The maximum atomic E-state index is 14.3. The molecule has 0 aliphatic carbocycles. The van der Waals surface area contributed by atoms with Gasteiger partial charge in [0.05, 0.1) is 42.9 Å². The summed E-state index contributed by atoms with van der Waals surface area (Å²) in [5.41, 5.74) is 0.655. The smallest absolute Gasteiger partial charge is 0.310 e. The largest absolute Gasteiger partial charge is 0.497 e. The fourth-order valence-electron chi connectivity index (χ4n) is 5.90. The highest BCUT2D eigenvalue weighted by atomic mass is 32.2. The minimum atomic E-state index is -0.819. The average molecular weight is 515 g/mol. The molecule has 1 aromatic carbocycles. The summed E-state index contributed by atoms with van der Waals surface area (Å²) < 4.78 is 10.0. The van der Waals surface area contributed by atoms with Crippen molar-refractivity contribution in [3.05, 3.63) is 49.6 Å². The zero-order chi connectivity index (χ0) is 26.0. The third-order valence-electron chi connectivity index (χ3n) is 7.51. The van der Waals surface area contributed by atoms with Crippen LogP contribution >= 0.6 is 11.8 Å². The number of benzene rings is 1. The van der Waals surface area contributed by atoms with Crippen molar-refractivity contribution in [2.45, 2.75) is 48.3 Å². The number of amides is 2. The molecule has 3 aliphatic rings. The third kappa shape index (κ3) is 4.22. The highest BCUT2D eigenvalue weighted by Gasteiger charge is 2.74. The number of carbonyl (C=O) groups is 3. The van der Waals surface area contributed by atoms with Gasteiger partial charge < -0.3 is 24.4 Å². The number of esters is 1. The molecule has 2 unspecified atom stereocenters. The zero-order valence-corrected chi connectivity index (χ0v) is 21.6. The lowest BCUT2D eigenvalue weighted by atomic mass is 9.71. The first-order valence-electron chi connectivity index (χ1n) is 12.3. The van der Waals surface area contributed by atoms with E-state index in [1.807, 2.05) is 0 Å². The Morgan fingerprint density at radius 1 is 1.31 bits per heavy atom. The number of hydrogen-bond donors (Lipinski definition) is 1. The van der Waals surface area contributed by atoms with E-state index < -0.39 is 34.6 Å². The number of ether oxygens (including phenoxy) is 2. The first-order valence-corrected chi connectivity index (χ1v) is 13.2. The van der Waals surface area contributed by atoms with Crippen LogP contribution in [0.25, 0.3) is 0 Å². The molecule has 1 N–H and O–H groups in total. The normalized spacial score (nSPS) is 29.0. The Balaban J connectivity index is 1.73. The van der Waals surface area contributed by atoms with Gasteiger partial charge in [-0.1, -0.05) is 12.2 Å². The number of aliphatic hydroxyl groups excluding tert-OH is 1. The van der Waals surface area contributed by atoms with Gasteiger partial charge in [-0.15, -0.1) is 24.9 Å². The number of nitrogens with zero attached hydrogens (tertiary/aromatic N) is 2. The monoisotopic (exact) mass is 514 g/mol. The molecule has 3 fully saturated rings. The summed E-state index contributed by atoms with van der Waals surface area (Å²) in [4.78, 5) is 44.5. The van der Waals surface area contributed by atoms with Crippen LogP contribution in [0.15, 0.2) is 49.6 Å². The maximum Gasteiger partial charge on any atom is 0.310 e. The molecule has 0 saturated carbocycles. The van der Waals surface area contributed by atoms with Gasteiger partial charge in [0.1, 0.15) is 11.8 Å². The number of aliphatic hydroxyl groups is 1. The molecule has 36 heavy (non-hydrogen) atoms. The van der Waals surface area contributed by atoms with Crippen LogP contribution in [-0.4, -0.2) is 76.7 Å². The minimum absolute atomic E-state index is 0.0779. The summed E-state index contributed by atoms with van der Waals surface area (Å²) in [6, 6.07) is 5.75. The van der Waals surface area contributed by atoms with E-state index in [4.69, 9.17) is 9.47 Å². The topological polar surface area (TPSA) is 96.4 Å². The molecule has 3 aliphatic heterocycles. The molecule has 9 heteroatoms. The molecular formula is C27H34N2O6S. The second-order valence-electron chi connectivity index (χ2n) is 9.51. The molecular weight excluding hydrogens is 480 g/mol. The predicted octanol–water partition coefficient (Wildman–Crippen LogP) is 2.81. The highest BCUT2D eigenvalue weighted by Crippen LogP contribution is 2.67. The van der Waals surface area contributed by atoms with E-state index in [1.54, 1.807) is 67.1 Å². The molecule has 1 spiro atoms. The SMILES string of the molecule is C=CCCOC(=O)[C@@H]1[C@@H]2CCC3(S2)C(C(=O)N(CC=C)c2ccc(OC)cc2)N([C@H](C)CO)C(=O)[C@H]13. The number of carbonyl (C=O) groups excluding carboxylic acids is 3. The Morgan fingerprint density at radius 2 is 2.03 bits per heavy atom. The Kier molecular flexibility index (Phi) is 7.80. The van der Waals surface area contributed by atoms with Gasteiger partial charge in [-0.2, -0.15) is 0 Å². The van der Waals surface area contributed by atoms with Crippen molar-refractivity contribution in [2.75, 3.05) is 31.8 Å². The van der Waals surface area contributed by atoms with E-state index in [0.717, 1.165) is 6.42 Å². The van der Waals surface area contributed by atoms with Crippen LogP contribution in [0.5, 0.6) is 5.75 Å². The van der Waals surface area contributed by atoms with Crippen molar-refractivity contribution in [3.63, 3.8) is 0 Å². The predicted molar refractivity (Wildman–Crippen MR) is 139 cm³/mol. The standard InChI is InChI=1S/C27H34N2O6S/c1-5-7-15-35-26(33)21-20-12-13-27(36-20)22(21)24(31)29(17(3)16-30)23(27)25(32)28(14-6-2)18-8-10-19(34-4)11-9-18/h5-6,8-11,17,20-23,30H,1-2,7,12-16H2,3-4H3/t17-,20+,21-,22+,23?,27?/m1/s1. The Bertz CT molecular complexity index is 1030. The summed E-state index contributed by atoms with van der Waals surface area (Å²) in [6.07, 6.45) is 5.23. The van der Waals surface area contributed by atoms with Gasteiger partial charge in [0, 0.05) is 17.5 Å². The van der Waals surface area contributed by atoms with Crippen LogP contribution in [0, 0.1) is 11.8 Å². The van der Waals surface area contributed by atoms with Crippen molar-refractivity contribution < 1.29 is 29.0 Å². The van der Waals surface area contributed by atoms with Crippen LogP contribution in [0.4, 0.5) is 5.69 Å². The van der Waals surface area contributed by atoms with Gasteiger partial charge in [-0.25, -0.2) is 0 Å². The number of likely N-dealkylation sites (tertiary alicyclic amines) is 1. The van der Waals surface area contributed by atoms with Crippen LogP contribution in [0.1, 0.15) is 26.2 Å². The van der Waals surface area contributed by atoms with E-state index in [-0.39, 0.29) is 36.8 Å². The summed E-state index contributed by atoms with van der Waals surface area (Å²) in [7, 11) is 1.58. The molecule has 0 aromatic heterocycles. The molecule has 3 heterocycles. The molecule has 0 radical (unpaired) electrons. The van der Waals surface area contributed by atoms with E-state index >= 15 is 0 Å². The van der Waals surface area contributed by atoms with Crippen molar-refractivity contribution in [1.29, 1.82) is 0 Å². The van der Waals surface area contributed by atoms with Gasteiger partial charge >= 0.3 is 5.97 Å². The Morgan fingerprint density at radius 3 is 2.64 bits per heavy atom. The molecule has 194 valence electrons. The number of thioether (sulfide) groups is 1. The summed E-state index contributed by atoms with van der Waals surface area (Å²) in [6.45, 7) is 9.39.